The minimum atomic E-state index is -0.645. The topological polar surface area (TPSA) is 52.6 Å². The Morgan fingerprint density at radius 1 is 0.929 bits per heavy atom. The van der Waals surface area contributed by atoms with Crippen LogP contribution in [0.5, 0.6) is 5.75 Å². The van der Waals surface area contributed by atoms with Crippen LogP contribution in [0.4, 0.5) is 4.39 Å². The Morgan fingerprint density at radius 2 is 1.64 bits per heavy atom. The summed E-state index contributed by atoms with van der Waals surface area (Å²) in [6.45, 7) is -0.468. The fraction of sp³-hybridized carbons (Fsp3) is 0.130. The summed E-state index contributed by atoms with van der Waals surface area (Å²) in [5, 5.41) is 0. The second kappa shape index (κ2) is 8.95. The first-order valence-corrected chi connectivity index (χ1v) is 8.74. The Bertz CT molecular complexity index is 983. The predicted octanol–water partition coefficient (Wildman–Crippen LogP) is 4.46. The first-order valence-electron chi connectivity index (χ1n) is 8.74. The minimum Gasteiger partial charge on any atom is -0.494 e. The van der Waals surface area contributed by atoms with Gasteiger partial charge in [0.05, 0.1) is 12.7 Å². The number of hydrogen-bond donors (Lipinski definition) is 0. The zero-order chi connectivity index (χ0) is 19.9. The van der Waals surface area contributed by atoms with Crippen LogP contribution in [0, 0.1) is 5.82 Å². The summed E-state index contributed by atoms with van der Waals surface area (Å²) in [7, 11) is 1.34. The summed E-state index contributed by atoms with van der Waals surface area (Å²) in [6.07, 6.45) is 0.573. The van der Waals surface area contributed by atoms with Crippen molar-refractivity contribution in [3.8, 4) is 5.75 Å². The number of methoxy groups -OCH3 is 1. The number of esters is 1. The smallest absolute Gasteiger partial charge is 0.338 e. The maximum Gasteiger partial charge on any atom is 0.338 e. The van der Waals surface area contributed by atoms with Gasteiger partial charge in [-0.3, -0.25) is 4.79 Å². The maximum atomic E-state index is 13.7. The van der Waals surface area contributed by atoms with Crippen LogP contribution in [0.3, 0.4) is 0 Å². The van der Waals surface area contributed by atoms with Crippen LogP contribution < -0.4 is 4.74 Å². The third-order valence-electron chi connectivity index (χ3n) is 4.28. The molecule has 28 heavy (non-hydrogen) atoms. The molecule has 3 rings (SSSR count). The summed E-state index contributed by atoms with van der Waals surface area (Å²) in [4.78, 5) is 24.7. The maximum absolute atomic E-state index is 13.7. The number of ether oxygens (including phenoxy) is 2. The van der Waals surface area contributed by atoms with E-state index in [-0.39, 0.29) is 11.3 Å². The van der Waals surface area contributed by atoms with Crippen molar-refractivity contribution in [3.05, 3.63) is 101 Å². The van der Waals surface area contributed by atoms with E-state index in [1.54, 1.807) is 12.1 Å². The lowest BCUT2D eigenvalue weighted by molar-refractivity contribution is 0.0473. The van der Waals surface area contributed by atoms with Crippen molar-refractivity contribution in [2.24, 2.45) is 0 Å². The van der Waals surface area contributed by atoms with Crippen molar-refractivity contribution in [1.29, 1.82) is 0 Å². The van der Waals surface area contributed by atoms with Crippen molar-refractivity contribution in [2.75, 3.05) is 13.7 Å². The van der Waals surface area contributed by atoms with Gasteiger partial charge in [-0.2, -0.15) is 0 Å². The molecule has 4 nitrogen and oxygen atoms in total. The molecular weight excluding hydrogens is 359 g/mol. The van der Waals surface area contributed by atoms with Crippen molar-refractivity contribution < 1.29 is 23.5 Å². The predicted molar refractivity (Wildman–Crippen MR) is 103 cm³/mol. The van der Waals surface area contributed by atoms with E-state index in [1.807, 2.05) is 42.5 Å². The molecular formula is C23H19FO4. The summed E-state index contributed by atoms with van der Waals surface area (Å²) in [6, 6.07) is 20.7. The molecule has 0 atom stereocenters. The fourth-order valence-corrected chi connectivity index (χ4v) is 2.82. The molecule has 0 aliphatic heterocycles. The Hall–Kier alpha value is -3.47. The van der Waals surface area contributed by atoms with E-state index in [1.165, 1.54) is 19.2 Å². The van der Waals surface area contributed by atoms with Crippen LogP contribution in [-0.4, -0.2) is 25.5 Å². The summed E-state index contributed by atoms with van der Waals surface area (Å²) in [5.74, 6) is -1.68. The van der Waals surface area contributed by atoms with Gasteiger partial charge in [-0.1, -0.05) is 48.5 Å². The molecule has 0 radical (unpaired) electrons. The van der Waals surface area contributed by atoms with E-state index in [2.05, 4.69) is 0 Å². The average molecular weight is 378 g/mol. The first-order chi connectivity index (χ1) is 13.6. The Balaban J connectivity index is 1.68. The largest absolute Gasteiger partial charge is 0.494 e. The van der Waals surface area contributed by atoms with E-state index in [0.29, 0.717) is 12.0 Å². The summed E-state index contributed by atoms with van der Waals surface area (Å²) >= 11 is 0. The number of rotatable bonds is 7. The van der Waals surface area contributed by atoms with E-state index in [0.717, 1.165) is 17.2 Å². The standard InChI is InChI=1S/C23H19FO4/c1-27-22-12-11-18(14-20(22)24)21(25)15-28-23(26)19-10-6-5-9-17(19)13-16-7-3-2-4-8-16/h2-12,14H,13,15H2,1H3. The van der Waals surface area contributed by atoms with E-state index >= 15 is 0 Å². The Labute approximate surface area is 162 Å². The van der Waals surface area contributed by atoms with Gasteiger partial charge in [-0.05, 0) is 41.8 Å². The van der Waals surface area contributed by atoms with Gasteiger partial charge in [0.25, 0.3) is 0 Å². The average Bonchev–Trinajstić information content (AvgIpc) is 2.73. The highest BCUT2D eigenvalue weighted by atomic mass is 19.1. The third kappa shape index (κ3) is 4.62. The van der Waals surface area contributed by atoms with E-state index in [9.17, 15) is 14.0 Å². The van der Waals surface area contributed by atoms with Gasteiger partial charge in [0, 0.05) is 5.56 Å². The van der Waals surface area contributed by atoms with Crippen LogP contribution in [0.2, 0.25) is 0 Å². The highest BCUT2D eigenvalue weighted by Gasteiger charge is 2.16. The molecule has 0 saturated carbocycles. The summed E-state index contributed by atoms with van der Waals surface area (Å²) < 4.78 is 23.8. The van der Waals surface area contributed by atoms with Gasteiger partial charge in [0.2, 0.25) is 0 Å². The van der Waals surface area contributed by atoms with Gasteiger partial charge in [-0.25, -0.2) is 9.18 Å². The second-order valence-electron chi connectivity index (χ2n) is 6.17. The molecule has 5 heteroatoms. The molecule has 0 aliphatic rings. The number of benzene rings is 3. The first kappa shape index (κ1) is 19.3. The molecule has 0 fully saturated rings. The van der Waals surface area contributed by atoms with Gasteiger partial charge in [0.15, 0.2) is 24.0 Å². The van der Waals surface area contributed by atoms with Gasteiger partial charge in [0.1, 0.15) is 0 Å². The van der Waals surface area contributed by atoms with Crippen molar-refractivity contribution in [1.82, 2.24) is 0 Å². The van der Waals surface area contributed by atoms with Crippen molar-refractivity contribution in [2.45, 2.75) is 6.42 Å². The monoisotopic (exact) mass is 378 g/mol. The molecule has 3 aromatic carbocycles. The number of halogens is 1. The molecule has 0 unspecified atom stereocenters. The van der Waals surface area contributed by atoms with Gasteiger partial charge >= 0.3 is 5.97 Å². The fourth-order valence-electron chi connectivity index (χ4n) is 2.82. The molecule has 0 spiro atoms. The van der Waals surface area contributed by atoms with Gasteiger partial charge < -0.3 is 9.47 Å². The molecule has 0 aromatic heterocycles. The van der Waals surface area contributed by atoms with Crippen LogP contribution in [0.15, 0.2) is 72.8 Å². The molecule has 0 saturated heterocycles. The van der Waals surface area contributed by atoms with Crippen LogP contribution in [0.1, 0.15) is 31.8 Å². The number of carbonyl (C=O) groups is 2. The zero-order valence-corrected chi connectivity index (χ0v) is 15.4. The molecule has 3 aromatic rings. The molecule has 0 bridgehead atoms. The molecule has 0 heterocycles. The third-order valence-corrected chi connectivity index (χ3v) is 4.28. The lowest BCUT2D eigenvalue weighted by Crippen LogP contribution is -2.16. The van der Waals surface area contributed by atoms with Crippen LogP contribution in [-0.2, 0) is 11.2 Å². The number of carbonyl (C=O) groups excluding carboxylic acids is 2. The van der Waals surface area contributed by atoms with Gasteiger partial charge in [-0.15, -0.1) is 0 Å². The summed E-state index contributed by atoms with van der Waals surface area (Å²) in [5.41, 5.74) is 2.39. The molecule has 142 valence electrons. The lowest BCUT2D eigenvalue weighted by atomic mass is 10.00. The lowest BCUT2D eigenvalue weighted by Gasteiger charge is -2.10. The molecule has 0 aliphatic carbocycles. The highest BCUT2D eigenvalue weighted by molar-refractivity contribution is 5.99. The zero-order valence-electron chi connectivity index (χ0n) is 15.4. The highest BCUT2D eigenvalue weighted by Crippen LogP contribution is 2.19. The van der Waals surface area contributed by atoms with Crippen molar-refractivity contribution >= 4 is 11.8 Å². The number of ketones is 1. The second-order valence-corrected chi connectivity index (χ2v) is 6.17. The Kier molecular flexibility index (Phi) is 6.17. The molecule has 0 amide bonds. The van der Waals surface area contributed by atoms with Crippen LogP contribution >= 0.6 is 0 Å². The Morgan fingerprint density at radius 3 is 2.36 bits per heavy atom. The number of Topliss-reactive ketones (excluding diaryl/α,β-unsaturated/α-hetero) is 1. The quantitative estimate of drug-likeness (QED) is 0.450. The van der Waals surface area contributed by atoms with E-state index in [4.69, 9.17) is 9.47 Å². The van der Waals surface area contributed by atoms with Crippen molar-refractivity contribution in [3.63, 3.8) is 0 Å². The molecule has 0 N–H and O–H groups in total. The normalized spacial score (nSPS) is 10.4. The van der Waals surface area contributed by atoms with Crippen LogP contribution in [0.25, 0.3) is 0 Å². The van der Waals surface area contributed by atoms with E-state index < -0.39 is 24.2 Å². The minimum absolute atomic E-state index is 0.0448. The number of hydrogen-bond acceptors (Lipinski definition) is 4. The SMILES string of the molecule is COc1ccc(C(=O)COC(=O)c2ccccc2Cc2ccccc2)cc1F.